The molecule has 7 rings (SSSR count). The highest BCUT2D eigenvalue weighted by Crippen LogP contribution is 2.33. The molecule has 232 valence electrons. The van der Waals surface area contributed by atoms with Crippen molar-refractivity contribution < 1.29 is 14.3 Å². The molecule has 1 unspecified atom stereocenters. The minimum absolute atomic E-state index is 0.0622. The van der Waals surface area contributed by atoms with Crippen LogP contribution in [0, 0.1) is 12.8 Å². The van der Waals surface area contributed by atoms with Crippen LogP contribution in [0.1, 0.15) is 40.4 Å². The SMILES string of the molecule is Cc1cc(Nc2ncc3cc(C(=O)C4CCOCC4)c(=O)n(C4Cc5ccccc5N(C)C4=O)c3n2)ccc1N1CCNCC1. The second-order valence-electron chi connectivity index (χ2n) is 12.1. The first-order valence-corrected chi connectivity index (χ1v) is 15.6. The summed E-state index contributed by atoms with van der Waals surface area (Å²) in [5.41, 5.74) is 4.75. The Balaban J connectivity index is 1.30. The van der Waals surface area contributed by atoms with Crippen molar-refractivity contribution in [2.75, 3.05) is 61.6 Å². The zero-order chi connectivity index (χ0) is 31.1. The molecule has 2 fully saturated rings. The van der Waals surface area contributed by atoms with Crippen LogP contribution in [0.25, 0.3) is 11.0 Å². The maximum atomic E-state index is 14.3. The Kier molecular flexibility index (Phi) is 7.80. The molecule has 0 bridgehead atoms. The van der Waals surface area contributed by atoms with E-state index in [4.69, 9.17) is 9.72 Å². The molecule has 5 heterocycles. The van der Waals surface area contributed by atoms with Gasteiger partial charge in [-0.05, 0) is 61.2 Å². The van der Waals surface area contributed by atoms with Gasteiger partial charge in [0.15, 0.2) is 5.78 Å². The van der Waals surface area contributed by atoms with E-state index in [1.165, 1.54) is 10.3 Å². The minimum Gasteiger partial charge on any atom is -0.381 e. The average Bonchev–Trinajstić information content (AvgIpc) is 3.07. The Hall–Kier alpha value is -4.61. The third kappa shape index (κ3) is 5.46. The molecule has 3 aliphatic heterocycles. The number of fused-ring (bicyclic) bond motifs is 2. The first kappa shape index (κ1) is 29.1. The molecule has 11 heteroatoms. The topological polar surface area (TPSA) is 122 Å². The maximum Gasteiger partial charge on any atom is 0.263 e. The number of pyridine rings is 1. The van der Waals surface area contributed by atoms with E-state index in [9.17, 15) is 14.4 Å². The first-order chi connectivity index (χ1) is 21.9. The van der Waals surface area contributed by atoms with Gasteiger partial charge in [0.1, 0.15) is 11.7 Å². The van der Waals surface area contributed by atoms with Gasteiger partial charge in [-0.2, -0.15) is 4.98 Å². The van der Waals surface area contributed by atoms with Gasteiger partial charge in [-0.1, -0.05) is 18.2 Å². The molecule has 2 saturated heterocycles. The Morgan fingerprint density at radius 3 is 2.58 bits per heavy atom. The van der Waals surface area contributed by atoms with Gasteiger partial charge in [0, 0.05) is 87.4 Å². The van der Waals surface area contributed by atoms with Crippen LogP contribution < -0.4 is 26.0 Å². The number of Topliss-reactive ketones (excluding diaryl/α,β-unsaturated/α-hetero) is 1. The number of carbonyl (C=O) groups is 2. The summed E-state index contributed by atoms with van der Waals surface area (Å²) in [6.07, 6.45) is 3.04. The molecule has 1 amide bonds. The van der Waals surface area contributed by atoms with E-state index < -0.39 is 11.6 Å². The number of nitrogens with zero attached hydrogens (tertiary/aromatic N) is 5. The normalized spacial score (nSPS) is 19.1. The number of rotatable bonds is 6. The lowest BCUT2D eigenvalue weighted by Gasteiger charge is -2.33. The number of para-hydroxylation sites is 1. The highest BCUT2D eigenvalue weighted by Gasteiger charge is 2.35. The van der Waals surface area contributed by atoms with Crippen LogP contribution >= 0.6 is 0 Å². The monoisotopic (exact) mass is 607 g/mol. The number of hydrogen-bond donors (Lipinski definition) is 2. The van der Waals surface area contributed by atoms with Crippen LogP contribution in [0.5, 0.6) is 0 Å². The largest absolute Gasteiger partial charge is 0.381 e. The van der Waals surface area contributed by atoms with Gasteiger partial charge in [0.25, 0.3) is 5.56 Å². The Morgan fingerprint density at radius 2 is 1.80 bits per heavy atom. The van der Waals surface area contributed by atoms with Crippen LogP contribution in [0.2, 0.25) is 0 Å². The van der Waals surface area contributed by atoms with E-state index in [1.807, 2.05) is 30.3 Å². The predicted molar refractivity (Wildman–Crippen MR) is 174 cm³/mol. The second kappa shape index (κ2) is 12.1. The van der Waals surface area contributed by atoms with Crippen molar-refractivity contribution in [3.63, 3.8) is 0 Å². The molecule has 1 atom stereocenters. The third-order valence-corrected chi connectivity index (χ3v) is 9.23. The average molecular weight is 608 g/mol. The lowest BCUT2D eigenvalue weighted by atomic mass is 9.90. The summed E-state index contributed by atoms with van der Waals surface area (Å²) < 4.78 is 6.87. The van der Waals surface area contributed by atoms with E-state index in [0.717, 1.165) is 48.7 Å². The number of likely N-dealkylation sites (N-methyl/N-ethyl adjacent to an activating group) is 1. The summed E-state index contributed by atoms with van der Waals surface area (Å²) in [5.74, 6) is -0.471. The predicted octanol–water partition coefficient (Wildman–Crippen LogP) is 3.62. The van der Waals surface area contributed by atoms with Crippen molar-refractivity contribution in [2.45, 2.75) is 32.2 Å². The molecule has 3 aliphatic rings. The van der Waals surface area contributed by atoms with Crippen molar-refractivity contribution in [3.8, 4) is 0 Å². The zero-order valence-corrected chi connectivity index (χ0v) is 25.6. The smallest absolute Gasteiger partial charge is 0.263 e. The maximum absolute atomic E-state index is 14.3. The second-order valence-corrected chi connectivity index (χ2v) is 12.1. The van der Waals surface area contributed by atoms with Gasteiger partial charge in [-0.25, -0.2) is 4.98 Å². The molecule has 4 aromatic rings. The summed E-state index contributed by atoms with van der Waals surface area (Å²) in [6.45, 7) is 6.87. The quantitative estimate of drug-likeness (QED) is 0.317. The van der Waals surface area contributed by atoms with Crippen molar-refractivity contribution in [3.05, 3.63) is 81.8 Å². The van der Waals surface area contributed by atoms with E-state index in [1.54, 1.807) is 24.2 Å². The fourth-order valence-corrected chi connectivity index (χ4v) is 6.80. The number of anilines is 4. The molecule has 2 N–H and O–H groups in total. The molecular formula is C34H37N7O4. The first-order valence-electron chi connectivity index (χ1n) is 15.6. The lowest BCUT2D eigenvalue weighted by molar-refractivity contribution is -0.121. The van der Waals surface area contributed by atoms with Gasteiger partial charge in [0.05, 0.1) is 5.56 Å². The van der Waals surface area contributed by atoms with Crippen LogP contribution in [0.3, 0.4) is 0 Å². The summed E-state index contributed by atoms with van der Waals surface area (Å²) in [7, 11) is 1.71. The van der Waals surface area contributed by atoms with Gasteiger partial charge in [-0.3, -0.25) is 19.0 Å². The molecule has 2 aromatic heterocycles. The molecule has 0 radical (unpaired) electrons. The molecule has 2 aromatic carbocycles. The number of amides is 1. The molecule has 11 nitrogen and oxygen atoms in total. The lowest BCUT2D eigenvalue weighted by Crippen LogP contribution is -2.44. The van der Waals surface area contributed by atoms with Gasteiger partial charge in [0.2, 0.25) is 11.9 Å². The number of aromatic nitrogens is 3. The number of ketones is 1. The number of benzene rings is 2. The fraction of sp³-hybridized carbons (Fsp3) is 0.382. The van der Waals surface area contributed by atoms with Crippen LogP contribution in [0.4, 0.5) is 23.0 Å². The van der Waals surface area contributed by atoms with Gasteiger partial charge in [-0.15, -0.1) is 0 Å². The van der Waals surface area contributed by atoms with Crippen molar-refractivity contribution in [2.24, 2.45) is 5.92 Å². The van der Waals surface area contributed by atoms with E-state index in [-0.39, 0.29) is 23.2 Å². The highest BCUT2D eigenvalue weighted by atomic mass is 16.5. The van der Waals surface area contributed by atoms with Crippen LogP contribution in [-0.2, 0) is 16.0 Å². The summed E-state index contributed by atoms with van der Waals surface area (Å²) >= 11 is 0. The Morgan fingerprint density at radius 1 is 1.02 bits per heavy atom. The highest BCUT2D eigenvalue weighted by molar-refractivity contribution is 6.02. The standard InChI is InChI=1S/C34H37N7O4/c1-21-17-25(7-8-27(21)40-13-11-35-12-14-40)37-34-36-20-24-18-26(30(42)22-9-15-45-16-10-22)32(43)41(31(24)38-34)29-19-23-5-3-4-6-28(23)39(2)33(29)44/h3-8,17-18,20,22,29,35H,9-16,19H2,1-2H3,(H,36,37,38). The number of ether oxygens (including phenoxy) is 1. The number of hydrogen-bond acceptors (Lipinski definition) is 9. The Labute approximate surface area is 261 Å². The molecule has 45 heavy (non-hydrogen) atoms. The van der Waals surface area contributed by atoms with Crippen LogP contribution in [0.15, 0.2) is 59.5 Å². The van der Waals surface area contributed by atoms with Crippen molar-refractivity contribution >= 4 is 45.7 Å². The van der Waals surface area contributed by atoms with E-state index in [2.05, 4.69) is 39.6 Å². The third-order valence-electron chi connectivity index (χ3n) is 9.23. The van der Waals surface area contributed by atoms with Crippen molar-refractivity contribution in [1.82, 2.24) is 19.9 Å². The fourth-order valence-electron chi connectivity index (χ4n) is 6.80. The van der Waals surface area contributed by atoms with E-state index >= 15 is 0 Å². The number of nitrogens with one attached hydrogen (secondary N) is 2. The summed E-state index contributed by atoms with van der Waals surface area (Å²) in [6, 6.07) is 14.5. The zero-order valence-electron chi connectivity index (χ0n) is 25.6. The molecule has 0 spiro atoms. The molecular weight excluding hydrogens is 570 g/mol. The molecule has 0 saturated carbocycles. The number of carbonyl (C=O) groups excluding carboxylic acids is 2. The van der Waals surface area contributed by atoms with Crippen LogP contribution in [-0.4, -0.2) is 72.7 Å². The number of aryl methyl sites for hydroxylation is 1. The number of piperazine rings is 1. The minimum atomic E-state index is -0.870. The Bertz CT molecular complexity index is 1840. The van der Waals surface area contributed by atoms with E-state index in [0.29, 0.717) is 49.5 Å². The van der Waals surface area contributed by atoms with Gasteiger partial charge < -0.3 is 25.2 Å². The summed E-state index contributed by atoms with van der Waals surface area (Å²) in [5, 5.41) is 7.21. The molecule has 0 aliphatic carbocycles. The van der Waals surface area contributed by atoms with Crippen molar-refractivity contribution in [1.29, 1.82) is 0 Å². The van der Waals surface area contributed by atoms with Gasteiger partial charge >= 0.3 is 0 Å². The summed E-state index contributed by atoms with van der Waals surface area (Å²) in [4.78, 5) is 55.1.